The largest absolute Gasteiger partial charge is 0.494 e. The number of hydroxylamine groups is 2. The average Bonchev–Trinajstić information content (AvgIpc) is 3.14. The van der Waals surface area contributed by atoms with Crippen LogP contribution in [0.15, 0.2) is 48.5 Å². The van der Waals surface area contributed by atoms with Gasteiger partial charge in [0, 0.05) is 0 Å². The highest BCUT2D eigenvalue weighted by Gasteiger charge is 2.52. The lowest BCUT2D eigenvalue weighted by molar-refractivity contribution is -0.870. The highest BCUT2D eigenvalue weighted by molar-refractivity contribution is 5.36. The molecule has 0 saturated carbocycles. The van der Waals surface area contributed by atoms with Crippen molar-refractivity contribution in [1.82, 2.24) is 5.06 Å². The van der Waals surface area contributed by atoms with Crippen molar-refractivity contribution in [2.45, 2.75) is 96.1 Å². The summed E-state index contributed by atoms with van der Waals surface area (Å²) < 4.78 is 12.9. The van der Waals surface area contributed by atoms with Crippen molar-refractivity contribution >= 4 is 0 Å². The van der Waals surface area contributed by atoms with Gasteiger partial charge in [0.1, 0.15) is 11.5 Å². The maximum Gasteiger partial charge on any atom is 0.119 e. The van der Waals surface area contributed by atoms with Crippen LogP contribution in [-0.4, -0.2) is 50.4 Å². The molecule has 5 heteroatoms. The molecule has 3 rings (SSSR count). The fraction of sp³-hybridized carbons (Fsp3) is 0.636. The first kappa shape index (κ1) is 30.5. The maximum atomic E-state index is 13.8. The van der Waals surface area contributed by atoms with Crippen LogP contribution in [0.2, 0.25) is 0 Å². The third kappa shape index (κ3) is 8.21. The lowest BCUT2D eigenvalue weighted by atomic mass is 9.89. The first-order valence-corrected chi connectivity index (χ1v) is 14.8. The Labute approximate surface area is 232 Å². The Bertz CT molecular complexity index is 954. The standard InChI is InChI=1S/C33H52N2O3/c1-7-8-9-10-11-13-26-37-30-19-15-28(16-20-30)32(2)23-24-33(3,34(32)36)29-17-21-31(22-18-29)38-27-14-12-25-35(4,5)6/h15-22H,7-14,23-27H2,1-6H3/q+1/t32-,33-/m0/s1. The van der Waals surface area contributed by atoms with Gasteiger partial charge in [-0.3, -0.25) is 0 Å². The molecule has 0 aromatic heterocycles. The molecule has 1 fully saturated rings. The van der Waals surface area contributed by atoms with E-state index >= 15 is 0 Å². The first-order chi connectivity index (χ1) is 18.1. The van der Waals surface area contributed by atoms with Gasteiger partial charge in [0.15, 0.2) is 0 Å². The maximum absolute atomic E-state index is 13.8. The summed E-state index contributed by atoms with van der Waals surface area (Å²) in [4.78, 5) is 0. The van der Waals surface area contributed by atoms with Crippen molar-refractivity contribution in [3.63, 3.8) is 0 Å². The molecular formula is C33H52N2O3+. The summed E-state index contributed by atoms with van der Waals surface area (Å²) >= 11 is 0. The summed E-state index contributed by atoms with van der Waals surface area (Å²) in [6, 6.07) is 16.3. The lowest BCUT2D eigenvalue weighted by Gasteiger charge is -2.37. The Morgan fingerprint density at radius 1 is 0.684 bits per heavy atom. The number of rotatable bonds is 16. The quantitative estimate of drug-likeness (QED) is 0.166. The fourth-order valence-electron chi connectivity index (χ4n) is 5.53. The van der Waals surface area contributed by atoms with Crippen molar-refractivity contribution in [2.75, 3.05) is 40.9 Å². The summed E-state index contributed by atoms with van der Waals surface area (Å²) in [5, 5.41) is 15.1. The van der Waals surface area contributed by atoms with Crippen LogP contribution < -0.4 is 9.47 Å². The van der Waals surface area contributed by atoms with Crippen molar-refractivity contribution in [1.29, 1.82) is 0 Å². The fourth-order valence-corrected chi connectivity index (χ4v) is 5.53. The minimum atomic E-state index is -0.565. The van der Waals surface area contributed by atoms with E-state index in [4.69, 9.17) is 9.47 Å². The molecule has 1 heterocycles. The van der Waals surface area contributed by atoms with Gasteiger partial charge in [0.2, 0.25) is 0 Å². The summed E-state index contributed by atoms with van der Waals surface area (Å²) in [7, 11) is 6.65. The van der Waals surface area contributed by atoms with E-state index < -0.39 is 11.1 Å². The Hall–Kier alpha value is -2.08. The van der Waals surface area contributed by atoms with Crippen LogP contribution >= 0.6 is 0 Å². The van der Waals surface area contributed by atoms with E-state index in [9.17, 15) is 5.21 Å². The molecule has 0 N–H and O–H groups in total. The van der Waals surface area contributed by atoms with Crippen LogP contribution in [0.4, 0.5) is 0 Å². The predicted octanol–water partition coefficient (Wildman–Crippen LogP) is 7.86. The zero-order valence-corrected chi connectivity index (χ0v) is 24.9. The number of quaternary nitrogens is 1. The molecule has 0 amide bonds. The molecule has 0 bridgehead atoms. The van der Waals surface area contributed by atoms with E-state index in [2.05, 4.69) is 66.2 Å². The normalized spacial score (nSPS) is 22.1. The monoisotopic (exact) mass is 524 g/mol. The Kier molecular flexibility index (Phi) is 11.1. The summed E-state index contributed by atoms with van der Waals surface area (Å²) in [6.45, 7) is 9.02. The van der Waals surface area contributed by atoms with Gasteiger partial charge in [-0.25, -0.2) is 0 Å². The molecule has 0 spiro atoms. The van der Waals surface area contributed by atoms with Gasteiger partial charge >= 0.3 is 0 Å². The number of hydrogen-bond donors (Lipinski definition) is 0. The third-order valence-electron chi connectivity index (χ3n) is 8.21. The number of ether oxygens (including phenoxy) is 2. The Balaban J connectivity index is 1.52. The van der Waals surface area contributed by atoms with Crippen LogP contribution in [0.1, 0.15) is 96.1 Å². The number of unbranched alkanes of at least 4 members (excludes halogenated alkanes) is 6. The van der Waals surface area contributed by atoms with Gasteiger partial charge in [-0.1, -0.05) is 63.3 Å². The van der Waals surface area contributed by atoms with Gasteiger partial charge in [-0.15, -0.1) is 10.3 Å². The topological polar surface area (TPSA) is 41.6 Å². The van der Waals surface area contributed by atoms with E-state index in [1.807, 2.05) is 24.3 Å². The molecular weight excluding hydrogens is 472 g/mol. The number of nitrogens with zero attached hydrogens (tertiary/aromatic N) is 2. The summed E-state index contributed by atoms with van der Waals surface area (Å²) in [6.07, 6.45) is 11.4. The predicted molar refractivity (Wildman–Crippen MR) is 156 cm³/mol. The van der Waals surface area contributed by atoms with Gasteiger partial charge in [0.25, 0.3) is 0 Å². The smallest absolute Gasteiger partial charge is 0.119 e. The van der Waals surface area contributed by atoms with Crippen LogP contribution in [0, 0.1) is 0 Å². The van der Waals surface area contributed by atoms with E-state index in [1.165, 1.54) is 37.2 Å². The Morgan fingerprint density at radius 3 is 1.55 bits per heavy atom. The van der Waals surface area contributed by atoms with E-state index in [-0.39, 0.29) is 0 Å². The van der Waals surface area contributed by atoms with Crippen LogP contribution in [0.5, 0.6) is 11.5 Å². The van der Waals surface area contributed by atoms with Crippen LogP contribution in [0.25, 0.3) is 0 Å². The lowest BCUT2D eigenvalue weighted by Crippen LogP contribution is -2.44. The average molecular weight is 525 g/mol. The number of hydrogen-bond acceptors (Lipinski definition) is 3. The minimum absolute atomic E-state index is 0.562. The van der Waals surface area contributed by atoms with Gasteiger partial charge in [-0.05, 0) is 81.3 Å². The van der Waals surface area contributed by atoms with Crippen molar-refractivity contribution < 1.29 is 19.2 Å². The second kappa shape index (κ2) is 13.8. The molecule has 2 atom stereocenters. The van der Waals surface area contributed by atoms with Gasteiger partial charge < -0.3 is 14.0 Å². The molecule has 1 saturated heterocycles. The molecule has 211 valence electrons. The molecule has 1 aliphatic rings. The molecule has 2 aromatic rings. The van der Waals surface area contributed by atoms with Gasteiger partial charge in [-0.2, -0.15) is 0 Å². The van der Waals surface area contributed by atoms with E-state index in [0.29, 0.717) is 0 Å². The molecule has 1 radical (unpaired) electrons. The zero-order chi connectivity index (χ0) is 27.7. The second-order valence-corrected chi connectivity index (χ2v) is 12.6. The highest BCUT2D eigenvalue weighted by atomic mass is 16.5. The van der Waals surface area contributed by atoms with Crippen molar-refractivity contribution in [2.24, 2.45) is 0 Å². The number of benzene rings is 2. The first-order valence-electron chi connectivity index (χ1n) is 14.8. The second-order valence-electron chi connectivity index (χ2n) is 12.6. The van der Waals surface area contributed by atoms with Crippen LogP contribution in [0.3, 0.4) is 0 Å². The minimum Gasteiger partial charge on any atom is -0.494 e. The molecule has 1 aliphatic heterocycles. The third-order valence-corrected chi connectivity index (χ3v) is 8.21. The van der Waals surface area contributed by atoms with E-state index in [1.54, 1.807) is 0 Å². The van der Waals surface area contributed by atoms with Crippen molar-refractivity contribution in [3.8, 4) is 11.5 Å². The molecule has 5 nitrogen and oxygen atoms in total. The zero-order valence-electron chi connectivity index (χ0n) is 24.9. The molecule has 2 aromatic carbocycles. The van der Waals surface area contributed by atoms with Crippen LogP contribution in [-0.2, 0) is 16.3 Å². The summed E-state index contributed by atoms with van der Waals surface area (Å²) in [5.41, 5.74) is 0.975. The van der Waals surface area contributed by atoms with E-state index in [0.717, 1.165) is 79.0 Å². The SMILES string of the molecule is CCCCCCCCOc1ccc([C@]2(C)CC[C@@](C)(c3ccc(OCCCC[N+](C)(C)C)cc3)N2[O])cc1. The molecule has 38 heavy (non-hydrogen) atoms. The molecule has 0 aliphatic carbocycles. The highest BCUT2D eigenvalue weighted by Crippen LogP contribution is 2.51. The van der Waals surface area contributed by atoms with Gasteiger partial charge in [0.05, 0.1) is 52.0 Å². The summed E-state index contributed by atoms with van der Waals surface area (Å²) in [5.74, 6) is 1.76. The molecule has 0 unspecified atom stereocenters. The van der Waals surface area contributed by atoms with Crippen molar-refractivity contribution in [3.05, 3.63) is 59.7 Å². The Morgan fingerprint density at radius 2 is 1.11 bits per heavy atom.